The molecule has 0 aromatic heterocycles. The molecule has 0 saturated heterocycles. The summed E-state index contributed by atoms with van der Waals surface area (Å²) in [5.41, 5.74) is 0. The van der Waals surface area contributed by atoms with Crippen molar-refractivity contribution < 1.29 is 0 Å². The van der Waals surface area contributed by atoms with Crippen LogP contribution in [0.2, 0.25) is 0 Å². The predicted molar refractivity (Wildman–Crippen MR) is 69.8 cm³/mol. The highest BCUT2D eigenvalue weighted by molar-refractivity contribution is 4.88. The Morgan fingerprint density at radius 1 is 0.733 bits per heavy atom. The van der Waals surface area contributed by atoms with Crippen LogP contribution in [0.1, 0.15) is 58.3 Å². The van der Waals surface area contributed by atoms with E-state index >= 15 is 0 Å². The van der Waals surface area contributed by atoms with Crippen molar-refractivity contribution in [3.8, 4) is 0 Å². The summed E-state index contributed by atoms with van der Waals surface area (Å²) in [6, 6.07) is 0. The van der Waals surface area contributed by atoms with Crippen LogP contribution in [0.3, 0.4) is 0 Å². The highest BCUT2D eigenvalue weighted by atomic mass is 13.9. The number of hydrogen-bond acceptors (Lipinski definition) is 0. The zero-order valence-electron chi connectivity index (χ0n) is 10.1. The lowest BCUT2D eigenvalue weighted by molar-refractivity contribution is 0.728. The topological polar surface area (TPSA) is 0 Å². The molecule has 85 valence electrons. The Kier molecular flexibility index (Phi) is 12.5. The summed E-state index contributed by atoms with van der Waals surface area (Å²) in [7, 11) is 0. The lowest BCUT2D eigenvalue weighted by atomic mass is 10.2. The molecule has 0 spiro atoms. The molecule has 0 rings (SSSR count). The summed E-state index contributed by atoms with van der Waals surface area (Å²) >= 11 is 0. The van der Waals surface area contributed by atoms with Gasteiger partial charge in [-0.15, -0.1) is 0 Å². The second-order valence-corrected chi connectivity index (χ2v) is 3.83. The van der Waals surface area contributed by atoms with Gasteiger partial charge in [0.2, 0.25) is 0 Å². The van der Waals surface area contributed by atoms with E-state index in [2.05, 4.69) is 31.2 Å². The summed E-state index contributed by atoms with van der Waals surface area (Å²) in [5, 5.41) is 0. The van der Waals surface area contributed by atoms with E-state index in [1.165, 1.54) is 32.1 Å². The first-order chi connectivity index (χ1) is 7.41. The van der Waals surface area contributed by atoms with Crippen LogP contribution < -0.4 is 0 Å². The minimum absolute atomic E-state index is 0.989. The van der Waals surface area contributed by atoms with Crippen molar-refractivity contribution in [2.45, 2.75) is 58.3 Å². The van der Waals surface area contributed by atoms with Crippen LogP contribution in [-0.2, 0) is 0 Å². The van der Waals surface area contributed by atoms with Gasteiger partial charge in [0.1, 0.15) is 0 Å². The molecule has 0 heteroatoms. The molecule has 15 heavy (non-hydrogen) atoms. The van der Waals surface area contributed by atoms with Gasteiger partial charge in [-0.3, -0.25) is 0 Å². The third-order valence-corrected chi connectivity index (χ3v) is 2.31. The molecular formula is C15H25. The maximum atomic E-state index is 5.28. The lowest BCUT2D eigenvalue weighted by Crippen LogP contribution is -1.71. The second kappa shape index (κ2) is 13.2. The van der Waals surface area contributed by atoms with E-state index in [0.717, 1.165) is 19.3 Å². The number of allylic oxidation sites excluding steroid dienone is 5. The molecule has 0 nitrogen and oxygen atoms in total. The smallest absolute Gasteiger partial charge is 0.0313 e. The van der Waals surface area contributed by atoms with Crippen molar-refractivity contribution in [2.24, 2.45) is 0 Å². The molecule has 0 aliphatic heterocycles. The molecule has 0 N–H and O–H groups in total. The molecule has 0 heterocycles. The summed E-state index contributed by atoms with van der Waals surface area (Å²) in [4.78, 5) is 0. The maximum Gasteiger partial charge on any atom is -0.0313 e. The normalized spacial score (nSPS) is 11.5. The van der Waals surface area contributed by atoms with E-state index in [1.54, 1.807) is 6.08 Å². The van der Waals surface area contributed by atoms with Gasteiger partial charge in [0.15, 0.2) is 0 Å². The third-order valence-electron chi connectivity index (χ3n) is 2.31. The van der Waals surface area contributed by atoms with Crippen LogP contribution in [0.25, 0.3) is 0 Å². The molecule has 0 aliphatic carbocycles. The van der Waals surface area contributed by atoms with Crippen molar-refractivity contribution in [1.29, 1.82) is 0 Å². The predicted octanol–water partition coefficient (Wildman–Crippen LogP) is 5.23. The van der Waals surface area contributed by atoms with Crippen LogP contribution in [0.5, 0.6) is 0 Å². The average molecular weight is 205 g/mol. The Hall–Kier alpha value is -0.780. The van der Waals surface area contributed by atoms with E-state index in [4.69, 9.17) is 6.58 Å². The monoisotopic (exact) mass is 205 g/mol. The van der Waals surface area contributed by atoms with Gasteiger partial charge in [-0.1, -0.05) is 56.7 Å². The Labute approximate surface area is 95.8 Å². The Morgan fingerprint density at radius 3 is 1.80 bits per heavy atom. The third kappa shape index (κ3) is 13.2. The Bertz CT molecular complexity index is 174. The molecule has 0 atom stereocenters. The van der Waals surface area contributed by atoms with Gasteiger partial charge in [0, 0.05) is 0 Å². The molecular weight excluding hydrogens is 180 g/mol. The lowest BCUT2D eigenvalue weighted by Gasteiger charge is -1.91. The van der Waals surface area contributed by atoms with E-state index < -0.39 is 0 Å². The van der Waals surface area contributed by atoms with Crippen LogP contribution in [0, 0.1) is 6.58 Å². The Balaban J connectivity index is 3.15. The van der Waals surface area contributed by atoms with Crippen LogP contribution >= 0.6 is 0 Å². The fourth-order valence-electron chi connectivity index (χ4n) is 1.37. The zero-order valence-corrected chi connectivity index (χ0v) is 10.1. The van der Waals surface area contributed by atoms with Crippen LogP contribution in [0.15, 0.2) is 30.4 Å². The summed E-state index contributed by atoms with van der Waals surface area (Å²) < 4.78 is 0. The van der Waals surface area contributed by atoms with E-state index in [0.29, 0.717) is 0 Å². The fourth-order valence-corrected chi connectivity index (χ4v) is 1.37. The molecule has 0 unspecified atom stereocenters. The van der Waals surface area contributed by atoms with Gasteiger partial charge in [-0.25, -0.2) is 0 Å². The molecule has 0 saturated carbocycles. The van der Waals surface area contributed by atoms with Crippen molar-refractivity contribution in [3.63, 3.8) is 0 Å². The molecule has 0 amide bonds. The summed E-state index contributed by atoms with van der Waals surface area (Å²) in [6.45, 7) is 7.52. The van der Waals surface area contributed by atoms with Gasteiger partial charge in [-0.05, 0) is 38.5 Å². The largest absolute Gasteiger partial charge is 0.0885 e. The van der Waals surface area contributed by atoms with Crippen LogP contribution in [-0.4, -0.2) is 0 Å². The number of rotatable bonds is 10. The number of unbranched alkanes of at least 4 members (excludes halogenated alkanes) is 5. The minimum atomic E-state index is 0.989. The number of hydrogen-bond donors (Lipinski definition) is 0. The fraction of sp³-hybridized carbons (Fsp3) is 0.600. The first-order valence-electron chi connectivity index (χ1n) is 6.25. The molecule has 0 bridgehead atoms. The van der Waals surface area contributed by atoms with Gasteiger partial charge in [-0.2, -0.15) is 0 Å². The molecule has 0 aromatic rings. The van der Waals surface area contributed by atoms with Gasteiger partial charge in [0.05, 0.1) is 0 Å². The van der Waals surface area contributed by atoms with Crippen molar-refractivity contribution in [1.82, 2.24) is 0 Å². The van der Waals surface area contributed by atoms with E-state index in [9.17, 15) is 0 Å². The molecule has 0 aliphatic rings. The molecule has 1 radical (unpaired) electrons. The first kappa shape index (κ1) is 14.2. The van der Waals surface area contributed by atoms with Crippen molar-refractivity contribution in [3.05, 3.63) is 37.0 Å². The second-order valence-electron chi connectivity index (χ2n) is 3.83. The summed E-state index contributed by atoms with van der Waals surface area (Å²) in [5.74, 6) is 0. The Morgan fingerprint density at radius 2 is 1.27 bits per heavy atom. The standard InChI is InChI=1S/C15H25/c1-3-5-7-9-11-13-15-14-12-10-8-6-4-2/h1,3,9,11-12,14H,4-8,10,13,15H2,2H3. The SMILES string of the molecule is [CH]=CCCC=CCCC=CCCCCC. The van der Waals surface area contributed by atoms with E-state index in [1.807, 2.05) is 0 Å². The van der Waals surface area contributed by atoms with Crippen molar-refractivity contribution in [2.75, 3.05) is 0 Å². The van der Waals surface area contributed by atoms with Crippen molar-refractivity contribution >= 4 is 0 Å². The summed E-state index contributed by atoms with van der Waals surface area (Å²) in [6.07, 6.45) is 20.5. The first-order valence-corrected chi connectivity index (χ1v) is 6.25. The van der Waals surface area contributed by atoms with Gasteiger partial charge >= 0.3 is 0 Å². The average Bonchev–Trinajstić information content (AvgIpc) is 2.26. The minimum Gasteiger partial charge on any atom is -0.0885 e. The van der Waals surface area contributed by atoms with Gasteiger partial charge < -0.3 is 0 Å². The highest BCUT2D eigenvalue weighted by Crippen LogP contribution is 2.02. The maximum absolute atomic E-state index is 5.28. The van der Waals surface area contributed by atoms with Gasteiger partial charge in [0.25, 0.3) is 0 Å². The van der Waals surface area contributed by atoms with E-state index in [-0.39, 0.29) is 0 Å². The van der Waals surface area contributed by atoms with Crippen LogP contribution in [0.4, 0.5) is 0 Å². The zero-order chi connectivity index (χ0) is 11.2. The molecule has 0 fully saturated rings. The highest BCUT2D eigenvalue weighted by Gasteiger charge is 1.81. The molecule has 0 aromatic carbocycles. The quantitative estimate of drug-likeness (QED) is 0.338.